The molecule has 2 heterocycles. The van der Waals surface area contributed by atoms with Gasteiger partial charge in [-0.1, -0.05) is 17.3 Å². The Labute approximate surface area is 142 Å². The lowest BCUT2D eigenvalue weighted by molar-refractivity contribution is -0.136. The molecule has 1 aliphatic heterocycles. The van der Waals surface area contributed by atoms with E-state index in [0.29, 0.717) is 33.2 Å². The molecule has 3 rings (SSSR count). The number of hydrogen-bond donors (Lipinski definition) is 0. The Hall–Kier alpha value is -2.93. The van der Waals surface area contributed by atoms with Crippen LogP contribution >= 0.6 is 11.3 Å². The zero-order chi connectivity index (χ0) is 17.1. The molecule has 0 saturated heterocycles. The Kier molecular flexibility index (Phi) is 4.43. The summed E-state index contributed by atoms with van der Waals surface area (Å²) in [5, 5.41) is 5.42. The smallest absolute Gasteiger partial charge is 0.367 e. The van der Waals surface area contributed by atoms with E-state index in [9.17, 15) is 9.59 Å². The Bertz CT molecular complexity index is 852. The molecule has 0 amide bonds. The minimum atomic E-state index is -0.500. The molecule has 0 radical (unpaired) electrons. The van der Waals surface area contributed by atoms with Crippen LogP contribution in [0.3, 0.4) is 0 Å². The average Bonchev–Trinajstić information content (AvgIpc) is 3.22. The first-order valence-electron chi connectivity index (χ1n) is 7.00. The molecule has 1 aromatic carbocycles. The number of oxime groups is 1. The summed E-state index contributed by atoms with van der Waals surface area (Å²) < 4.78 is 10.6. The molecule has 0 fully saturated rings. The van der Waals surface area contributed by atoms with Crippen LogP contribution in [0.1, 0.15) is 22.2 Å². The van der Waals surface area contributed by atoms with Gasteiger partial charge in [-0.3, -0.25) is 0 Å². The van der Waals surface area contributed by atoms with Crippen molar-refractivity contribution in [3.8, 4) is 11.5 Å². The molecule has 0 spiro atoms. The van der Waals surface area contributed by atoms with E-state index in [1.54, 1.807) is 48.7 Å². The lowest BCUT2D eigenvalue weighted by atomic mass is 10.1. The normalized spacial score (nSPS) is 15.2. The highest BCUT2D eigenvalue weighted by Crippen LogP contribution is 2.30. The number of carbonyl (C=O) groups is 2. The van der Waals surface area contributed by atoms with Crippen LogP contribution < -0.4 is 9.47 Å². The van der Waals surface area contributed by atoms with Crippen molar-refractivity contribution in [3.05, 3.63) is 51.7 Å². The third-order valence-electron chi connectivity index (χ3n) is 3.30. The highest BCUT2D eigenvalue weighted by atomic mass is 32.1. The Morgan fingerprint density at radius 3 is 2.75 bits per heavy atom. The number of ether oxygens (including phenoxy) is 2. The molecule has 0 bridgehead atoms. The minimum Gasteiger partial charge on any atom is -0.493 e. The standard InChI is InChI=1S/C17H13NO5S/c1-10-12(16(19)23-18-10)8-11-5-6-13(14(9-11)21-2)22-17(20)15-4-3-7-24-15/h3-9H,1-2H3/b12-8-. The Morgan fingerprint density at radius 1 is 1.29 bits per heavy atom. The topological polar surface area (TPSA) is 74.2 Å². The van der Waals surface area contributed by atoms with Crippen molar-refractivity contribution in [2.75, 3.05) is 7.11 Å². The van der Waals surface area contributed by atoms with Crippen molar-refractivity contribution in [2.24, 2.45) is 5.16 Å². The SMILES string of the molecule is COc1cc(/C=C2\C(=O)ON=C2C)ccc1OC(=O)c1cccs1. The second-order valence-corrected chi connectivity index (χ2v) is 5.84. The van der Waals surface area contributed by atoms with Gasteiger partial charge >= 0.3 is 11.9 Å². The van der Waals surface area contributed by atoms with Crippen molar-refractivity contribution < 1.29 is 23.9 Å². The molecule has 0 N–H and O–H groups in total. The molecule has 24 heavy (non-hydrogen) atoms. The van der Waals surface area contributed by atoms with E-state index < -0.39 is 11.9 Å². The van der Waals surface area contributed by atoms with Gasteiger partial charge in [0, 0.05) is 0 Å². The van der Waals surface area contributed by atoms with Crippen LogP contribution in [-0.4, -0.2) is 24.8 Å². The van der Waals surface area contributed by atoms with E-state index in [4.69, 9.17) is 9.47 Å². The Balaban J connectivity index is 1.86. The maximum absolute atomic E-state index is 12.0. The van der Waals surface area contributed by atoms with Crippen LogP contribution in [0.25, 0.3) is 6.08 Å². The van der Waals surface area contributed by atoms with Gasteiger partial charge in [-0.05, 0) is 42.1 Å². The first-order chi connectivity index (χ1) is 11.6. The lowest BCUT2D eigenvalue weighted by Gasteiger charge is -2.09. The Morgan fingerprint density at radius 2 is 2.12 bits per heavy atom. The molecule has 6 nitrogen and oxygen atoms in total. The predicted molar refractivity (Wildman–Crippen MR) is 89.4 cm³/mol. The van der Waals surface area contributed by atoms with E-state index in [1.165, 1.54) is 18.4 Å². The maximum atomic E-state index is 12.0. The van der Waals surface area contributed by atoms with Crippen LogP contribution in [-0.2, 0) is 9.63 Å². The van der Waals surface area contributed by atoms with Crippen LogP contribution in [0.15, 0.2) is 46.4 Å². The van der Waals surface area contributed by atoms with Crippen LogP contribution in [0.2, 0.25) is 0 Å². The number of carbonyl (C=O) groups excluding carboxylic acids is 2. The number of thiophene rings is 1. The van der Waals surface area contributed by atoms with Crippen molar-refractivity contribution in [1.29, 1.82) is 0 Å². The monoisotopic (exact) mass is 343 g/mol. The van der Waals surface area contributed by atoms with Gasteiger partial charge in [0.05, 0.1) is 18.4 Å². The first-order valence-corrected chi connectivity index (χ1v) is 7.88. The van der Waals surface area contributed by atoms with E-state index in [2.05, 4.69) is 9.99 Å². The van der Waals surface area contributed by atoms with Crippen molar-refractivity contribution in [3.63, 3.8) is 0 Å². The third-order valence-corrected chi connectivity index (χ3v) is 4.15. The quantitative estimate of drug-likeness (QED) is 0.369. The van der Waals surface area contributed by atoms with E-state index in [-0.39, 0.29) is 0 Å². The van der Waals surface area contributed by atoms with Crippen molar-refractivity contribution in [1.82, 2.24) is 0 Å². The van der Waals surface area contributed by atoms with E-state index in [0.717, 1.165) is 0 Å². The van der Waals surface area contributed by atoms with Gasteiger partial charge in [0.25, 0.3) is 0 Å². The summed E-state index contributed by atoms with van der Waals surface area (Å²) in [7, 11) is 1.48. The molecule has 0 atom stereocenters. The summed E-state index contributed by atoms with van der Waals surface area (Å²) >= 11 is 1.30. The summed E-state index contributed by atoms with van der Waals surface area (Å²) in [5.41, 5.74) is 1.58. The number of methoxy groups -OCH3 is 1. The molecule has 0 unspecified atom stereocenters. The summed E-state index contributed by atoms with van der Waals surface area (Å²) in [6, 6.07) is 8.46. The molecule has 0 saturated carbocycles. The van der Waals surface area contributed by atoms with Gasteiger partial charge in [-0.15, -0.1) is 11.3 Å². The molecule has 1 aliphatic rings. The molecule has 2 aromatic rings. The summed E-state index contributed by atoms with van der Waals surface area (Å²) in [5.74, 6) is -0.260. The largest absolute Gasteiger partial charge is 0.493 e. The maximum Gasteiger partial charge on any atom is 0.367 e. The zero-order valence-corrected chi connectivity index (χ0v) is 13.8. The first kappa shape index (κ1) is 15.9. The second kappa shape index (κ2) is 6.67. The highest BCUT2D eigenvalue weighted by Gasteiger charge is 2.22. The molecular weight excluding hydrogens is 330 g/mol. The number of hydrogen-bond acceptors (Lipinski definition) is 7. The molecular formula is C17H13NO5S. The van der Waals surface area contributed by atoms with E-state index >= 15 is 0 Å². The second-order valence-electron chi connectivity index (χ2n) is 4.89. The molecule has 7 heteroatoms. The predicted octanol–water partition coefficient (Wildman–Crippen LogP) is 3.29. The van der Waals surface area contributed by atoms with Gasteiger partial charge in [0.1, 0.15) is 4.88 Å². The third kappa shape index (κ3) is 3.21. The van der Waals surface area contributed by atoms with Crippen LogP contribution in [0, 0.1) is 0 Å². The summed E-state index contributed by atoms with van der Waals surface area (Å²) in [4.78, 5) is 28.7. The van der Waals surface area contributed by atoms with Gasteiger partial charge in [-0.2, -0.15) is 0 Å². The highest BCUT2D eigenvalue weighted by molar-refractivity contribution is 7.12. The van der Waals surface area contributed by atoms with Gasteiger partial charge in [-0.25, -0.2) is 9.59 Å². The fourth-order valence-electron chi connectivity index (χ4n) is 2.09. The zero-order valence-electron chi connectivity index (χ0n) is 12.9. The van der Waals surface area contributed by atoms with Crippen molar-refractivity contribution in [2.45, 2.75) is 6.92 Å². The van der Waals surface area contributed by atoms with Gasteiger partial charge < -0.3 is 14.3 Å². The minimum absolute atomic E-state index is 0.303. The summed E-state index contributed by atoms with van der Waals surface area (Å²) in [6.07, 6.45) is 1.64. The fourth-order valence-corrected chi connectivity index (χ4v) is 2.69. The number of benzene rings is 1. The molecule has 1 aromatic heterocycles. The average molecular weight is 343 g/mol. The lowest BCUT2D eigenvalue weighted by Crippen LogP contribution is -2.07. The number of nitrogens with zero attached hydrogens (tertiary/aromatic N) is 1. The van der Waals surface area contributed by atoms with Crippen molar-refractivity contribution >= 4 is 35.1 Å². The number of rotatable bonds is 4. The van der Waals surface area contributed by atoms with E-state index in [1.807, 2.05) is 0 Å². The molecule has 0 aliphatic carbocycles. The molecule has 122 valence electrons. The van der Waals surface area contributed by atoms with Gasteiger partial charge in [0.15, 0.2) is 11.5 Å². The summed E-state index contributed by atoms with van der Waals surface area (Å²) in [6.45, 7) is 1.69. The number of esters is 1. The van der Waals surface area contributed by atoms with Gasteiger partial charge in [0.2, 0.25) is 0 Å². The van der Waals surface area contributed by atoms with Crippen LogP contribution in [0.5, 0.6) is 11.5 Å². The van der Waals surface area contributed by atoms with Crippen LogP contribution in [0.4, 0.5) is 0 Å². The fraction of sp³-hybridized carbons (Fsp3) is 0.118.